The van der Waals surface area contributed by atoms with Crippen LogP contribution in [-0.2, 0) is 35.8 Å². The van der Waals surface area contributed by atoms with E-state index in [1.807, 2.05) is 7.05 Å². The van der Waals surface area contributed by atoms with Gasteiger partial charge in [-0.25, -0.2) is 0 Å². The molecule has 0 spiro atoms. The van der Waals surface area contributed by atoms with E-state index in [2.05, 4.69) is 25.3 Å². The molecule has 0 aliphatic heterocycles. The lowest BCUT2D eigenvalue weighted by Crippen LogP contribution is -2.08. The number of carbonyl (C=O) groups excluding carboxylic acids is 2. The maximum Gasteiger partial charge on any atom is 0.302 e. The minimum absolute atomic E-state index is 0.252. The third-order valence-electron chi connectivity index (χ3n) is 7.37. The van der Waals surface area contributed by atoms with Gasteiger partial charge < -0.3 is 9.30 Å². The number of esters is 1. The fraction of sp³-hybridized carbons (Fsp3) is 0.806. The Bertz CT molecular complexity index is 719. The van der Waals surface area contributed by atoms with Crippen LogP contribution in [-0.4, -0.2) is 22.9 Å². The number of hydrogen-bond donors (Lipinski definition) is 0. The van der Waals surface area contributed by atoms with Crippen LogP contribution in [0.3, 0.4) is 0 Å². The van der Waals surface area contributed by atoms with Crippen LogP contribution >= 0.6 is 0 Å². The lowest BCUT2D eigenvalue weighted by atomic mass is 9.96. The van der Waals surface area contributed by atoms with E-state index in [9.17, 15) is 9.59 Å². The summed E-state index contributed by atoms with van der Waals surface area (Å²) in [7, 11) is 2.05. The van der Waals surface area contributed by atoms with Gasteiger partial charge >= 0.3 is 5.97 Å². The van der Waals surface area contributed by atoms with Crippen molar-refractivity contribution in [2.75, 3.05) is 6.61 Å². The summed E-state index contributed by atoms with van der Waals surface area (Å²) in [6.45, 7) is 8.33. The number of Topliss-reactive ketones (excluding diaryl/α,β-unsaturated/α-hetero) is 1. The van der Waals surface area contributed by atoms with E-state index in [-0.39, 0.29) is 5.97 Å². The lowest BCUT2D eigenvalue weighted by Gasteiger charge is -2.08. The number of unbranched alkanes of at least 4 members (excludes halogenated alkanes) is 14. The van der Waals surface area contributed by atoms with Crippen LogP contribution in [0.4, 0.5) is 0 Å². The maximum absolute atomic E-state index is 13.2. The van der Waals surface area contributed by atoms with E-state index < -0.39 is 0 Å². The number of ketones is 1. The molecule has 0 atom stereocenters. The average Bonchev–Trinajstić information content (AvgIpc) is 3.11. The van der Waals surface area contributed by atoms with E-state index in [0.29, 0.717) is 25.2 Å². The molecule has 1 aromatic heterocycles. The van der Waals surface area contributed by atoms with Gasteiger partial charge in [-0.05, 0) is 24.8 Å². The fourth-order valence-electron chi connectivity index (χ4n) is 5.37. The molecular weight excluding hydrogens is 434 g/mol. The van der Waals surface area contributed by atoms with Crippen molar-refractivity contribution < 1.29 is 14.3 Å². The van der Waals surface area contributed by atoms with Gasteiger partial charge in [0.15, 0.2) is 5.78 Å². The molecule has 0 N–H and O–H groups in total. The largest absolute Gasteiger partial charge is 0.465 e. The zero-order valence-corrected chi connectivity index (χ0v) is 23.8. The Morgan fingerprint density at radius 2 is 1.17 bits per heavy atom. The van der Waals surface area contributed by atoms with Crippen molar-refractivity contribution in [3.63, 3.8) is 0 Å². The SMILES string of the molecule is CCCCCCCCCCCCCCCCCC(=O)c1c(CC)c(CCOC(C)=O)n(C)c1CC. The predicted octanol–water partition coefficient (Wildman–Crippen LogP) is 8.70. The quantitative estimate of drug-likeness (QED) is 0.0929. The highest BCUT2D eigenvalue weighted by Crippen LogP contribution is 2.27. The monoisotopic (exact) mass is 489 g/mol. The summed E-state index contributed by atoms with van der Waals surface area (Å²) in [5.41, 5.74) is 4.37. The number of aromatic nitrogens is 1. The van der Waals surface area contributed by atoms with E-state index in [4.69, 9.17) is 4.74 Å². The minimum Gasteiger partial charge on any atom is -0.465 e. The molecule has 0 bridgehead atoms. The highest BCUT2D eigenvalue weighted by atomic mass is 16.5. The van der Waals surface area contributed by atoms with Crippen molar-refractivity contribution in [3.8, 4) is 0 Å². The first-order chi connectivity index (χ1) is 17.0. The molecule has 35 heavy (non-hydrogen) atoms. The normalized spacial score (nSPS) is 11.2. The number of rotatable bonds is 22. The van der Waals surface area contributed by atoms with Crippen LogP contribution in [0.5, 0.6) is 0 Å². The number of carbonyl (C=O) groups is 2. The molecule has 0 unspecified atom stereocenters. The third-order valence-corrected chi connectivity index (χ3v) is 7.37. The zero-order valence-electron chi connectivity index (χ0n) is 23.8. The molecule has 0 radical (unpaired) electrons. The second-order valence-corrected chi connectivity index (χ2v) is 10.2. The maximum atomic E-state index is 13.2. The fourth-order valence-corrected chi connectivity index (χ4v) is 5.37. The van der Waals surface area contributed by atoms with Crippen molar-refractivity contribution in [2.24, 2.45) is 7.05 Å². The zero-order chi connectivity index (χ0) is 25.9. The standard InChI is InChI=1S/C31H55NO3/c1-6-9-10-11-12-13-14-15-16-17-18-19-20-21-22-23-30(34)31-27(7-2)29(24-25-35-26(4)33)32(5)28(31)8-3/h6-25H2,1-5H3. The molecule has 0 aromatic carbocycles. The van der Waals surface area contributed by atoms with E-state index in [0.717, 1.165) is 48.2 Å². The van der Waals surface area contributed by atoms with Crippen LogP contribution in [0.2, 0.25) is 0 Å². The molecule has 0 aliphatic carbocycles. The number of hydrogen-bond acceptors (Lipinski definition) is 3. The molecule has 0 saturated carbocycles. The van der Waals surface area contributed by atoms with Crippen molar-refractivity contribution >= 4 is 11.8 Å². The molecule has 0 aliphatic rings. The van der Waals surface area contributed by atoms with Crippen molar-refractivity contribution in [2.45, 2.75) is 150 Å². The van der Waals surface area contributed by atoms with Crippen molar-refractivity contribution in [3.05, 3.63) is 22.5 Å². The van der Waals surface area contributed by atoms with Crippen LogP contribution in [0.25, 0.3) is 0 Å². The highest BCUT2D eigenvalue weighted by Gasteiger charge is 2.23. The first-order valence-corrected chi connectivity index (χ1v) is 14.8. The number of ether oxygens (including phenoxy) is 1. The first-order valence-electron chi connectivity index (χ1n) is 14.8. The molecule has 0 saturated heterocycles. The van der Waals surface area contributed by atoms with Gasteiger partial charge in [0.2, 0.25) is 0 Å². The Morgan fingerprint density at radius 1 is 0.686 bits per heavy atom. The molecule has 4 heteroatoms. The van der Waals surface area contributed by atoms with Crippen LogP contribution in [0.1, 0.15) is 158 Å². The molecule has 1 heterocycles. The first kappa shape index (κ1) is 31.4. The van der Waals surface area contributed by atoms with Crippen LogP contribution in [0.15, 0.2) is 0 Å². The summed E-state index contributed by atoms with van der Waals surface area (Å²) in [6, 6.07) is 0. The molecule has 0 fully saturated rings. The Labute approximate surface area is 216 Å². The van der Waals surface area contributed by atoms with Gasteiger partial charge in [0.25, 0.3) is 0 Å². The van der Waals surface area contributed by atoms with Crippen molar-refractivity contribution in [1.29, 1.82) is 0 Å². The average molecular weight is 490 g/mol. The Hall–Kier alpha value is -1.58. The Morgan fingerprint density at radius 3 is 1.60 bits per heavy atom. The van der Waals surface area contributed by atoms with Gasteiger partial charge in [-0.1, -0.05) is 111 Å². The van der Waals surface area contributed by atoms with Gasteiger partial charge in [0, 0.05) is 43.8 Å². The summed E-state index contributed by atoms with van der Waals surface area (Å²) < 4.78 is 7.34. The molecule has 202 valence electrons. The van der Waals surface area contributed by atoms with Gasteiger partial charge in [0.05, 0.1) is 6.61 Å². The third kappa shape index (κ3) is 12.3. The summed E-state index contributed by atoms with van der Waals surface area (Å²) in [6.07, 6.45) is 23.0. The second-order valence-electron chi connectivity index (χ2n) is 10.2. The summed E-state index contributed by atoms with van der Waals surface area (Å²) >= 11 is 0. The molecule has 1 rings (SSSR count). The van der Waals surface area contributed by atoms with Crippen LogP contribution < -0.4 is 0 Å². The molecule has 1 aromatic rings. The Kier molecular flexibility index (Phi) is 17.6. The summed E-state index contributed by atoms with van der Waals surface area (Å²) in [5, 5.41) is 0. The number of nitrogens with zero attached hydrogens (tertiary/aromatic N) is 1. The van der Waals surface area contributed by atoms with Crippen molar-refractivity contribution in [1.82, 2.24) is 4.57 Å². The van der Waals surface area contributed by atoms with Gasteiger partial charge in [-0.15, -0.1) is 0 Å². The Balaban J connectivity index is 2.28. The van der Waals surface area contributed by atoms with Crippen LogP contribution in [0, 0.1) is 0 Å². The van der Waals surface area contributed by atoms with E-state index >= 15 is 0 Å². The smallest absolute Gasteiger partial charge is 0.302 e. The predicted molar refractivity (Wildman–Crippen MR) is 148 cm³/mol. The van der Waals surface area contributed by atoms with Gasteiger partial charge in [-0.3, -0.25) is 9.59 Å². The topological polar surface area (TPSA) is 48.3 Å². The van der Waals surface area contributed by atoms with E-state index in [1.165, 1.54) is 90.4 Å². The lowest BCUT2D eigenvalue weighted by molar-refractivity contribution is -0.140. The van der Waals surface area contributed by atoms with Gasteiger partial charge in [0.1, 0.15) is 0 Å². The molecule has 0 amide bonds. The van der Waals surface area contributed by atoms with E-state index in [1.54, 1.807) is 0 Å². The second kappa shape index (κ2) is 19.6. The summed E-state index contributed by atoms with van der Waals surface area (Å²) in [4.78, 5) is 24.3. The van der Waals surface area contributed by atoms with Gasteiger partial charge in [-0.2, -0.15) is 0 Å². The minimum atomic E-state index is -0.252. The highest BCUT2D eigenvalue weighted by molar-refractivity contribution is 5.99. The molecule has 4 nitrogen and oxygen atoms in total. The molecular formula is C31H55NO3. The summed E-state index contributed by atoms with van der Waals surface area (Å²) in [5.74, 6) is 0.0418.